The Morgan fingerprint density at radius 2 is 1.25 bits per heavy atom. The van der Waals surface area contributed by atoms with E-state index in [9.17, 15) is 19.2 Å². The van der Waals surface area contributed by atoms with Crippen LogP contribution in [0.25, 0.3) is 18.0 Å². The third-order valence-electron chi connectivity index (χ3n) is 7.42. The largest absolute Gasteiger partial charge is 0.423 e. The summed E-state index contributed by atoms with van der Waals surface area (Å²) in [5.41, 5.74) is 7.95. The number of carbonyl (C=O) groups is 4. The van der Waals surface area contributed by atoms with E-state index in [1.807, 2.05) is 0 Å². The minimum Gasteiger partial charge on any atom is -0.423 e. The van der Waals surface area contributed by atoms with E-state index < -0.39 is 17.9 Å². The number of esters is 3. The number of benzene rings is 2. The highest BCUT2D eigenvalue weighted by atomic mass is 16.5. The first-order valence-electron chi connectivity index (χ1n) is 16.2. The van der Waals surface area contributed by atoms with Gasteiger partial charge in [0.1, 0.15) is 23.4 Å². The summed E-state index contributed by atoms with van der Waals surface area (Å²) in [6.45, 7) is 0.690. The average molecular weight is 708 g/mol. The lowest BCUT2D eigenvalue weighted by Crippen LogP contribution is -2.33. The van der Waals surface area contributed by atoms with Gasteiger partial charge in [0.25, 0.3) is 5.91 Å². The van der Waals surface area contributed by atoms with Gasteiger partial charge in [-0.15, -0.1) is 0 Å². The van der Waals surface area contributed by atoms with Crippen LogP contribution in [0.3, 0.4) is 0 Å². The number of nitrogens with one attached hydrogen (secondary N) is 1. The van der Waals surface area contributed by atoms with Crippen molar-refractivity contribution >= 4 is 36.0 Å². The zero-order chi connectivity index (χ0) is 37.0. The van der Waals surface area contributed by atoms with Gasteiger partial charge in [-0.2, -0.15) is 0 Å². The van der Waals surface area contributed by atoms with Crippen LogP contribution in [0.4, 0.5) is 0 Å². The molecule has 3 N–H and O–H groups in total. The van der Waals surface area contributed by atoms with Gasteiger partial charge < -0.3 is 25.3 Å². The fraction of sp³-hybridized carbons (Fsp3) is 0.0500. The summed E-state index contributed by atoms with van der Waals surface area (Å²) in [6, 6.07) is 24.5. The van der Waals surface area contributed by atoms with E-state index >= 15 is 0 Å². The van der Waals surface area contributed by atoms with Crippen molar-refractivity contribution in [2.75, 3.05) is 13.1 Å². The van der Waals surface area contributed by atoms with Crippen molar-refractivity contribution in [1.82, 2.24) is 20.3 Å². The Morgan fingerprint density at radius 1 is 0.642 bits per heavy atom. The van der Waals surface area contributed by atoms with Crippen LogP contribution in [0.2, 0.25) is 0 Å². The van der Waals surface area contributed by atoms with Gasteiger partial charge in [-0.05, 0) is 82.8 Å². The number of hydrogen-bond donors (Lipinski definition) is 2. The number of carbonyl (C=O) groups excluding carboxylic acids is 4. The summed E-state index contributed by atoms with van der Waals surface area (Å²) >= 11 is 0. The lowest BCUT2D eigenvalue weighted by Gasteiger charge is -2.10. The molecule has 0 aliphatic rings. The number of aromatic nitrogens is 4. The van der Waals surface area contributed by atoms with Crippen molar-refractivity contribution in [2.45, 2.75) is 0 Å². The van der Waals surface area contributed by atoms with Crippen molar-refractivity contribution in [1.29, 1.82) is 0 Å². The van der Waals surface area contributed by atoms with E-state index in [2.05, 4.69) is 20.3 Å². The van der Waals surface area contributed by atoms with E-state index in [-0.39, 0.29) is 34.1 Å². The van der Waals surface area contributed by atoms with E-state index in [4.69, 9.17) is 19.9 Å². The molecule has 0 aliphatic carbocycles. The molecule has 6 rings (SSSR count). The second kappa shape index (κ2) is 17.0. The van der Waals surface area contributed by atoms with Gasteiger partial charge in [0.05, 0.1) is 28.5 Å². The quantitative estimate of drug-likeness (QED) is 0.0783. The van der Waals surface area contributed by atoms with Crippen LogP contribution < -0.4 is 29.8 Å². The molecule has 13 nitrogen and oxygen atoms in total. The SMILES string of the molecule is NCCNC(=O)c1ccc(-[n+]2cccc(C(=O)Oc3ccc(/C=C/c4cc(OC(=O)c5cccnc5)cc(OC(=O)c5cccnc5)c4)cc3)c2)nc1. The van der Waals surface area contributed by atoms with E-state index in [0.29, 0.717) is 35.8 Å². The molecule has 0 atom stereocenters. The highest BCUT2D eigenvalue weighted by Crippen LogP contribution is 2.26. The van der Waals surface area contributed by atoms with Gasteiger partial charge in [0.2, 0.25) is 0 Å². The molecule has 0 spiro atoms. The molecule has 0 saturated heterocycles. The first-order valence-corrected chi connectivity index (χ1v) is 16.2. The van der Waals surface area contributed by atoms with Gasteiger partial charge in [0.15, 0.2) is 6.20 Å². The Labute approximate surface area is 303 Å². The number of ether oxygens (including phenoxy) is 3. The molecular formula is C40H31N6O7+. The molecule has 1 amide bonds. The van der Waals surface area contributed by atoms with E-state index in [1.165, 1.54) is 24.7 Å². The van der Waals surface area contributed by atoms with Crippen LogP contribution >= 0.6 is 0 Å². The molecule has 2 aromatic carbocycles. The maximum Gasteiger partial charge on any atom is 0.347 e. The second-order valence-corrected chi connectivity index (χ2v) is 11.2. The molecule has 4 heterocycles. The van der Waals surface area contributed by atoms with Gasteiger partial charge in [-0.3, -0.25) is 14.8 Å². The predicted molar refractivity (Wildman–Crippen MR) is 192 cm³/mol. The number of amides is 1. The Kier molecular flexibility index (Phi) is 11.4. The maximum absolute atomic E-state index is 13.0. The summed E-state index contributed by atoms with van der Waals surface area (Å²) in [5.74, 6) is -0.988. The van der Waals surface area contributed by atoms with Gasteiger partial charge in [-0.1, -0.05) is 24.3 Å². The molecule has 4 aromatic heterocycles. The maximum atomic E-state index is 13.0. The molecule has 6 aromatic rings. The summed E-state index contributed by atoms with van der Waals surface area (Å²) < 4.78 is 18.4. The normalized spacial score (nSPS) is 10.7. The van der Waals surface area contributed by atoms with Crippen LogP contribution in [0.15, 0.2) is 134 Å². The predicted octanol–water partition coefficient (Wildman–Crippen LogP) is 4.66. The summed E-state index contributed by atoms with van der Waals surface area (Å²) in [4.78, 5) is 62.9. The highest BCUT2D eigenvalue weighted by Gasteiger charge is 2.17. The molecular weight excluding hydrogens is 676 g/mol. The first-order chi connectivity index (χ1) is 25.8. The Balaban J connectivity index is 1.13. The number of rotatable bonds is 12. The van der Waals surface area contributed by atoms with Gasteiger partial charge in [0, 0.05) is 50.0 Å². The van der Waals surface area contributed by atoms with E-state index in [0.717, 1.165) is 5.56 Å². The zero-order valence-electron chi connectivity index (χ0n) is 28.0. The third kappa shape index (κ3) is 9.66. The minimum atomic E-state index is -0.630. The summed E-state index contributed by atoms with van der Waals surface area (Å²) in [7, 11) is 0. The van der Waals surface area contributed by atoms with Gasteiger partial charge in [-0.25, -0.2) is 19.0 Å². The van der Waals surface area contributed by atoms with Gasteiger partial charge >= 0.3 is 23.7 Å². The average Bonchev–Trinajstić information content (AvgIpc) is 3.20. The molecule has 0 aliphatic heterocycles. The van der Waals surface area contributed by atoms with E-state index in [1.54, 1.807) is 126 Å². The van der Waals surface area contributed by atoms with Crippen LogP contribution in [0, 0.1) is 0 Å². The molecule has 0 saturated carbocycles. The van der Waals surface area contributed by atoms with Crippen molar-refractivity contribution < 1.29 is 38.0 Å². The Bertz CT molecular complexity index is 2190. The number of pyridine rings is 4. The van der Waals surface area contributed by atoms with Crippen LogP contribution in [0.5, 0.6) is 17.2 Å². The van der Waals surface area contributed by atoms with Crippen molar-refractivity contribution in [2.24, 2.45) is 5.73 Å². The van der Waals surface area contributed by atoms with Crippen LogP contribution in [0.1, 0.15) is 52.6 Å². The second-order valence-electron chi connectivity index (χ2n) is 11.2. The first kappa shape index (κ1) is 35.4. The Morgan fingerprint density at radius 3 is 1.83 bits per heavy atom. The van der Waals surface area contributed by atoms with Crippen molar-refractivity contribution in [3.05, 3.63) is 168 Å². The minimum absolute atomic E-state index is 0.151. The van der Waals surface area contributed by atoms with Crippen LogP contribution in [-0.2, 0) is 0 Å². The fourth-order valence-electron chi connectivity index (χ4n) is 4.81. The zero-order valence-corrected chi connectivity index (χ0v) is 28.0. The van der Waals surface area contributed by atoms with Crippen molar-refractivity contribution in [3.8, 4) is 23.1 Å². The number of nitrogens with zero attached hydrogens (tertiary/aromatic N) is 4. The highest BCUT2D eigenvalue weighted by molar-refractivity contribution is 5.94. The number of nitrogens with two attached hydrogens (primary N) is 1. The smallest absolute Gasteiger partial charge is 0.347 e. The monoisotopic (exact) mass is 707 g/mol. The van der Waals surface area contributed by atoms with Crippen LogP contribution in [-0.4, -0.2) is 51.9 Å². The molecule has 0 bridgehead atoms. The molecule has 262 valence electrons. The molecule has 53 heavy (non-hydrogen) atoms. The fourth-order valence-corrected chi connectivity index (χ4v) is 4.81. The summed E-state index contributed by atoms with van der Waals surface area (Å²) in [6.07, 6.45) is 14.2. The molecule has 13 heteroatoms. The lowest BCUT2D eigenvalue weighted by atomic mass is 10.1. The lowest BCUT2D eigenvalue weighted by molar-refractivity contribution is -0.599. The Hall–Kier alpha value is -7.38. The number of hydrogen-bond acceptors (Lipinski definition) is 11. The molecule has 0 radical (unpaired) electrons. The summed E-state index contributed by atoms with van der Waals surface area (Å²) in [5, 5.41) is 2.69. The topological polar surface area (TPSA) is 177 Å². The molecule has 0 fully saturated rings. The van der Waals surface area contributed by atoms with Crippen molar-refractivity contribution in [3.63, 3.8) is 0 Å². The third-order valence-corrected chi connectivity index (χ3v) is 7.42. The molecule has 0 unspecified atom stereocenters. The standard InChI is InChI=1S/C40H30N6O7/c41-15-18-44-37(47)29-11-14-36(45-25-29)46-19-3-6-32(26-46)40(50)51-33-12-9-27(10-13-33)7-8-28-20-34(52-38(48)30-4-1-16-42-23-30)22-35(21-28)53-39(49)31-5-2-17-43-24-31/h1-14,16-17,19-26H,15,18,41H2/p+1/b8-7+.